The molecule has 14 heavy (non-hydrogen) atoms. The predicted molar refractivity (Wildman–Crippen MR) is 57.9 cm³/mol. The van der Waals surface area contributed by atoms with Crippen LogP contribution in [-0.4, -0.2) is 29.6 Å². The molecule has 0 aliphatic carbocycles. The normalized spacial score (nSPS) is 28.4. The molecule has 1 heterocycles. The lowest BCUT2D eigenvalue weighted by Gasteiger charge is -2.14. The maximum absolute atomic E-state index is 11.6. The number of hydrogen-bond acceptors (Lipinski definition) is 3. The highest BCUT2D eigenvalue weighted by Crippen LogP contribution is 2.18. The van der Waals surface area contributed by atoms with Gasteiger partial charge in [-0.2, -0.15) is 0 Å². The van der Waals surface area contributed by atoms with Crippen LogP contribution in [0.1, 0.15) is 20.3 Å². The highest BCUT2D eigenvalue weighted by molar-refractivity contribution is 7.80. The third-order valence-corrected chi connectivity index (χ3v) is 2.71. The number of nitrogens with two attached hydrogens (primary N) is 1. The number of carbonyl (C=O) groups excluding carboxylic acids is 1. The van der Waals surface area contributed by atoms with E-state index in [0.717, 1.165) is 6.42 Å². The van der Waals surface area contributed by atoms with E-state index in [9.17, 15) is 4.79 Å². The van der Waals surface area contributed by atoms with Crippen LogP contribution in [0.2, 0.25) is 0 Å². The van der Waals surface area contributed by atoms with Gasteiger partial charge in [-0.1, -0.05) is 12.2 Å². The van der Waals surface area contributed by atoms with E-state index in [1.165, 1.54) is 0 Å². The van der Waals surface area contributed by atoms with Crippen LogP contribution < -0.4 is 11.1 Å². The molecule has 1 aliphatic heterocycles. The molecule has 4 nitrogen and oxygen atoms in total. The summed E-state index contributed by atoms with van der Waals surface area (Å²) in [4.78, 5) is 11.9. The Hall–Kier alpha value is -0.680. The first-order valence-electron chi connectivity index (χ1n) is 4.72. The maximum Gasteiger partial charge on any atom is 0.226 e. The Morgan fingerprint density at radius 3 is 2.79 bits per heavy atom. The summed E-state index contributed by atoms with van der Waals surface area (Å²) in [6, 6.07) is -0.242. The van der Waals surface area contributed by atoms with E-state index < -0.39 is 0 Å². The Kier molecular flexibility index (Phi) is 3.83. The van der Waals surface area contributed by atoms with Crippen molar-refractivity contribution in [2.45, 2.75) is 32.4 Å². The highest BCUT2D eigenvalue weighted by atomic mass is 32.1. The van der Waals surface area contributed by atoms with Gasteiger partial charge in [0.2, 0.25) is 5.91 Å². The Balaban J connectivity index is 2.39. The summed E-state index contributed by atoms with van der Waals surface area (Å²) in [5, 5.41) is 2.76. The summed E-state index contributed by atoms with van der Waals surface area (Å²) in [5.74, 6) is -0.0727. The number of nitrogens with one attached hydrogen (secondary N) is 1. The van der Waals surface area contributed by atoms with Crippen molar-refractivity contribution >= 4 is 23.1 Å². The van der Waals surface area contributed by atoms with Gasteiger partial charge in [0.15, 0.2) is 0 Å². The zero-order valence-corrected chi connectivity index (χ0v) is 9.26. The fraction of sp³-hybridized carbons (Fsp3) is 0.778. The molecule has 1 aliphatic rings. The first-order chi connectivity index (χ1) is 6.50. The molecule has 0 spiro atoms. The molecule has 0 bridgehead atoms. The van der Waals surface area contributed by atoms with E-state index >= 15 is 0 Å². The molecule has 1 fully saturated rings. The Morgan fingerprint density at radius 2 is 2.36 bits per heavy atom. The van der Waals surface area contributed by atoms with E-state index in [4.69, 9.17) is 22.7 Å². The molecule has 0 aromatic rings. The fourth-order valence-corrected chi connectivity index (χ4v) is 1.46. The van der Waals surface area contributed by atoms with Crippen molar-refractivity contribution in [2.24, 2.45) is 11.7 Å². The quantitative estimate of drug-likeness (QED) is 0.662. The van der Waals surface area contributed by atoms with Gasteiger partial charge in [-0.15, -0.1) is 0 Å². The molecular weight excluding hydrogens is 200 g/mol. The van der Waals surface area contributed by atoms with Crippen LogP contribution in [0.3, 0.4) is 0 Å². The van der Waals surface area contributed by atoms with Gasteiger partial charge in [0.25, 0.3) is 0 Å². The topological polar surface area (TPSA) is 64.4 Å². The minimum absolute atomic E-state index is 0.0188. The van der Waals surface area contributed by atoms with E-state index in [1.807, 2.05) is 6.92 Å². The van der Waals surface area contributed by atoms with Crippen molar-refractivity contribution in [1.82, 2.24) is 5.32 Å². The third kappa shape index (κ3) is 2.92. The minimum atomic E-state index is -0.242. The molecule has 80 valence electrons. The number of amides is 1. The summed E-state index contributed by atoms with van der Waals surface area (Å²) in [7, 11) is 0. The van der Waals surface area contributed by atoms with Gasteiger partial charge in [0, 0.05) is 0 Å². The molecule has 3 unspecified atom stereocenters. The fourth-order valence-electron chi connectivity index (χ4n) is 1.40. The first-order valence-corrected chi connectivity index (χ1v) is 5.13. The summed E-state index contributed by atoms with van der Waals surface area (Å²) >= 11 is 4.77. The van der Waals surface area contributed by atoms with Gasteiger partial charge in [0.1, 0.15) is 0 Å². The average Bonchev–Trinajstić information content (AvgIpc) is 2.51. The molecule has 0 saturated carbocycles. The van der Waals surface area contributed by atoms with Crippen LogP contribution in [-0.2, 0) is 9.53 Å². The van der Waals surface area contributed by atoms with Gasteiger partial charge in [-0.25, -0.2) is 0 Å². The van der Waals surface area contributed by atoms with Gasteiger partial charge in [0.05, 0.1) is 29.7 Å². The van der Waals surface area contributed by atoms with Crippen molar-refractivity contribution < 1.29 is 9.53 Å². The van der Waals surface area contributed by atoms with Crippen molar-refractivity contribution in [3.63, 3.8) is 0 Å². The molecule has 3 N–H and O–H groups in total. The van der Waals surface area contributed by atoms with Crippen molar-refractivity contribution in [3.8, 4) is 0 Å². The van der Waals surface area contributed by atoms with E-state index in [-0.39, 0.29) is 24.0 Å². The summed E-state index contributed by atoms with van der Waals surface area (Å²) in [5.41, 5.74) is 5.40. The molecule has 0 radical (unpaired) electrons. The number of rotatable bonds is 3. The average molecular weight is 216 g/mol. The van der Waals surface area contributed by atoms with Gasteiger partial charge in [-0.3, -0.25) is 4.79 Å². The van der Waals surface area contributed by atoms with Gasteiger partial charge < -0.3 is 15.8 Å². The van der Waals surface area contributed by atoms with E-state index in [2.05, 4.69) is 5.32 Å². The Labute approximate surface area is 89.2 Å². The highest BCUT2D eigenvalue weighted by Gasteiger charge is 2.28. The number of hydrogen-bond donors (Lipinski definition) is 2. The van der Waals surface area contributed by atoms with Crippen molar-refractivity contribution in [2.75, 3.05) is 6.61 Å². The minimum Gasteiger partial charge on any atom is -0.392 e. The van der Waals surface area contributed by atoms with Crippen LogP contribution >= 0.6 is 12.2 Å². The lowest BCUT2D eigenvalue weighted by Crippen LogP contribution is -2.44. The number of thiocarbonyl (C=S) groups is 1. The lowest BCUT2D eigenvalue weighted by atomic mass is 10.1. The summed E-state index contributed by atoms with van der Waals surface area (Å²) < 4.78 is 5.30. The molecule has 1 saturated heterocycles. The van der Waals surface area contributed by atoms with Crippen LogP contribution in [0.5, 0.6) is 0 Å². The van der Waals surface area contributed by atoms with E-state index in [1.54, 1.807) is 6.92 Å². The van der Waals surface area contributed by atoms with Gasteiger partial charge in [-0.05, 0) is 20.3 Å². The zero-order chi connectivity index (χ0) is 10.7. The second kappa shape index (κ2) is 4.70. The third-order valence-electron chi connectivity index (χ3n) is 2.35. The second-order valence-corrected chi connectivity index (χ2v) is 4.18. The zero-order valence-electron chi connectivity index (χ0n) is 8.45. The van der Waals surface area contributed by atoms with Crippen LogP contribution in [0, 0.1) is 5.92 Å². The molecular formula is C9H16N2O2S. The molecule has 1 amide bonds. The molecule has 5 heteroatoms. The first kappa shape index (κ1) is 11.4. The Morgan fingerprint density at radius 1 is 1.71 bits per heavy atom. The molecule has 0 aromatic heterocycles. The molecule has 1 rings (SSSR count). The van der Waals surface area contributed by atoms with E-state index in [0.29, 0.717) is 11.6 Å². The monoisotopic (exact) mass is 216 g/mol. The largest absolute Gasteiger partial charge is 0.392 e. The van der Waals surface area contributed by atoms with Gasteiger partial charge >= 0.3 is 0 Å². The smallest absolute Gasteiger partial charge is 0.226 e. The summed E-state index contributed by atoms with van der Waals surface area (Å²) in [6.45, 7) is 4.24. The lowest BCUT2D eigenvalue weighted by molar-refractivity contribution is -0.125. The Bertz CT molecular complexity index is 245. The summed E-state index contributed by atoms with van der Waals surface area (Å²) in [6.07, 6.45) is 0.946. The standard InChI is InChI=1S/C9H16N2O2S/c1-5-3-7(4-13-5)9(12)11-6(2)8(10)14/h5-7H,3-4H2,1-2H3,(H2,10,14)(H,11,12). The predicted octanol–water partition coefficient (Wildman–Crippen LogP) is 0.202. The maximum atomic E-state index is 11.6. The molecule has 0 aromatic carbocycles. The second-order valence-electron chi connectivity index (χ2n) is 3.71. The van der Waals surface area contributed by atoms with Crippen LogP contribution in [0.25, 0.3) is 0 Å². The van der Waals surface area contributed by atoms with Crippen LogP contribution in [0.15, 0.2) is 0 Å². The number of ether oxygens (including phenoxy) is 1. The SMILES string of the molecule is CC1CC(C(=O)NC(C)C(N)=S)CO1. The van der Waals surface area contributed by atoms with Crippen molar-refractivity contribution in [3.05, 3.63) is 0 Å². The number of carbonyl (C=O) groups is 1. The van der Waals surface area contributed by atoms with Crippen LogP contribution in [0.4, 0.5) is 0 Å². The molecule has 3 atom stereocenters. The van der Waals surface area contributed by atoms with Crippen molar-refractivity contribution in [1.29, 1.82) is 0 Å².